The minimum Gasteiger partial charge on any atom is -0.352 e. The Balaban J connectivity index is 2.46. The van der Waals surface area contributed by atoms with Gasteiger partial charge in [-0.05, 0) is 30.5 Å². The van der Waals surface area contributed by atoms with Crippen molar-refractivity contribution in [3.8, 4) is 0 Å². The predicted molar refractivity (Wildman–Crippen MR) is 97.6 cm³/mol. The van der Waals surface area contributed by atoms with Gasteiger partial charge in [0.25, 0.3) is 5.91 Å². The van der Waals surface area contributed by atoms with E-state index in [1.165, 1.54) is 45.5 Å². The fourth-order valence-electron chi connectivity index (χ4n) is 2.34. The maximum absolute atomic E-state index is 12.2. The quantitative estimate of drug-likeness (QED) is 0.656. The van der Waals surface area contributed by atoms with Gasteiger partial charge in [-0.2, -0.15) is 0 Å². The molecule has 0 aliphatic rings. The van der Waals surface area contributed by atoms with Crippen LogP contribution in [-0.2, 0) is 10.0 Å². The Morgan fingerprint density at radius 2 is 1.79 bits per heavy atom. The van der Waals surface area contributed by atoms with E-state index in [1.54, 1.807) is 12.1 Å². The predicted octanol–water partition coefficient (Wildman–Crippen LogP) is 3.27. The van der Waals surface area contributed by atoms with Crippen LogP contribution in [0, 0.1) is 5.92 Å². The van der Waals surface area contributed by atoms with Crippen LogP contribution in [0.2, 0.25) is 0 Å². The summed E-state index contributed by atoms with van der Waals surface area (Å²) in [5, 5.41) is 2.86. The zero-order chi connectivity index (χ0) is 18.2. The van der Waals surface area contributed by atoms with Crippen molar-refractivity contribution in [2.45, 2.75) is 50.8 Å². The SMILES string of the molecule is CC(C)CCCCCCNC(=O)c1cccc(S(=O)(=O)N(C)C)c1. The number of sulfonamides is 1. The molecular formula is C18H30N2O3S. The van der Waals surface area contributed by atoms with E-state index in [9.17, 15) is 13.2 Å². The van der Waals surface area contributed by atoms with Crippen molar-refractivity contribution in [1.29, 1.82) is 0 Å². The van der Waals surface area contributed by atoms with Gasteiger partial charge in [0.1, 0.15) is 0 Å². The lowest BCUT2D eigenvalue weighted by Gasteiger charge is -2.12. The van der Waals surface area contributed by atoms with Gasteiger partial charge in [-0.15, -0.1) is 0 Å². The molecule has 24 heavy (non-hydrogen) atoms. The van der Waals surface area contributed by atoms with Gasteiger partial charge >= 0.3 is 0 Å². The molecule has 0 aliphatic carbocycles. The van der Waals surface area contributed by atoms with E-state index in [-0.39, 0.29) is 10.8 Å². The van der Waals surface area contributed by atoms with Gasteiger partial charge in [-0.25, -0.2) is 12.7 Å². The fourth-order valence-corrected chi connectivity index (χ4v) is 3.29. The topological polar surface area (TPSA) is 66.5 Å². The molecule has 5 nitrogen and oxygen atoms in total. The molecule has 0 saturated heterocycles. The molecule has 1 aromatic carbocycles. The van der Waals surface area contributed by atoms with Crippen molar-refractivity contribution in [2.24, 2.45) is 5.92 Å². The minimum absolute atomic E-state index is 0.133. The van der Waals surface area contributed by atoms with Crippen LogP contribution >= 0.6 is 0 Å². The van der Waals surface area contributed by atoms with E-state index >= 15 is 0 Å². The molecule has 1 N–H and O–H groups in total. The Morgan fingerprint density at radius 1 is 1.12 bits per heavy atom. The van der Waals surface area contributed by atoms with E-state index in [0.717, 1.165) is 23.1 Å². The van der Waals surface area contributed by atoms with Gasteiger partial charge in [0.15, 0.2) is 0 Å². The van der Waals surface area contributed by atoms with E-state index < -0.39 is 10.0 Å². The summed E-state index contributed by atoms with van der Waals surface area (Å²) in [7, 11) is -0.575. The Bertz CT molecular complexity index is 625. The number of amides is 1. The Kier molecular flexibility index (Phi) is 8.42. The summed E-state index contributed by atoms with van der Waals surface area (Å²) in [6, 6.07) is 6.15. The van der Waals surface area contributed by atoms with Crippen LogP contribution in [0.15, 0.2) is 29.2 Å². The smallest absolute Gasteiger partial charge is 0.251 e. The molecule has 0 fully saturated rings. The number of hydrogen-bond acceptors (Lipinski definition) is 3. The van der Waals surface area contributed by atoms with Crippen LogP contribution in [0.1, 0.15) is 56.3 Å². The van der Waals surface area contributed by atoms with E-state index in [2.05, 4.69) is 19.2 Å². The maximum atomic E-state index is 12.2. The number of carbonyl (C=O) groups excluding carboxylic acids is 1. The highest BCUT2D eigenvalue weighted by atomic mass is 32.2. The molecule has 136 valence electrons. The Morgan fingerprint density at radius 3 is 2.42 bits per heavy atom. The number of nitrogens with one attached hydrogen (secondary N) is 1. The number of nitrogens with zero attached hydrogens (tertiary/aromatic N) is 1. The largest absolute Gasteiger partial charge is 0.352 e. The van der Waals surface area contributed by atoms with Crippen molar-refractivity contribution in [3.63, 3.8) is 0 Å². The highest BCUT2D eigenvalue weighted by Crippen LogP contribution is 2.15. The van der Waals surface area contributed by atoms with Crippen LogP contribution in [-0.4, -0.2) is 39.3 Å². The molecule has 0 saturated carbocycles. The lowest BCUT2D eigenvalue weighted by molar-refractivity contribution is 0.0952. The van der Waals surface area contributed by atoms with Crippen molar-refractivity contribution < 1.29 is 13.2 Å². The third-order valence-electron chi connectivity index (χ3n) is 3.87. The molecule has 1 rings (SSSR count). The van der Waals surface area contributed by atoms with Gasteiger partial charge in [0, 0.05) is 26.2 Å². The second-order valence-electron chi connectivity index (χ2n) is 6.67. The molecule has 0 heterocycles. The monoisotopic (exact) mass is 354 g/mol. The molecule has 0 bridgehead atoms. The van der Waals surface area contributed by atoms with Crippen molar-refractivity contribution in [2.75, 3.05) is 20.6 Å². The number of hydrogen-bond donors (Lipinski definition) is 1. The molecule has 0 atom stereocenters. The molecular weight excluding hydrogens is 324 g/mol. The van der Waals surface area contributed by atoms with E-state index in [4.69, 9.17) is 0 Å². The molecule has 0 aromatic heterocycles. The lowest BCUT2D eigenvalue weighted by Crippen LogP contribution is -2.26. The zero-order valence-electron chi connectivity index (χ0n) is 15.2. The molecule has 1 amide bonds. The summed E-state index contributed by atoms with van der Waals surface area (Å²) in [5.74, 6) is 0.517. The normalized spacial score (nSPS) is 11.9. The van der Waals surface area contributed by atoms with Gasteiger partial charge in [-0.1, -0.05) is 45.6 Å². The van der Waals surface area contributed by atoms with Crippen molar-refractivity contribution in [1.82, 2.24) is 9.62 Å². The summed E-state index contributed by atoms with van der Waals surface area (Å²) in [6.45, 7) is 5.07. The first-order chi connectivity index (χ1) is 11.2. The molecule has 0 radical (unpaired) electrons. The number of unbranched alkanes of at least 4 members (excludes halogenated alkanes) is 3. The first-order valence-corrected chi connectivity index (χ1v) is 10.00. The van der Waals surface area contributed by atoms with Crippen LogP contribution in [0.3, 0.4) is 0 Å². The standard InChI is InChI=1S/C18H30N2O3S/c1-15(2)10-7-5-6-8-13-19-18(21)16-11-9-12-17(14-16)24(22,23)20(3)4/h9,11-12,14-15H,5-8,10,13H2,1-4H3,(H,19,21). The average Bonchev–Trinajstić information content (AvgIpc) is 2.53. The third kappa shape index (κ3) is 6.61. The van der Waals surface area contributed by atoms with Crippen molar-refractivity contribution >= 4 is 15.9 Å². The van der Waals surface area contributed by atoms with Crippen LogP contribution in [0.5, 0.6) is 0 Å². The highest BCUT2D eigenvalue weighted by molar-refractivity contribution is 7.89. The molecule has 0 unspecified atom stereocenters. The molecule has 1 aromatic rings. The zero-order valence-corrected chi connectivity index (χ0v) is 16.0. The maximum Gasteiger partial charge on any atom is 0.251 e. The van der Waals surface area contributed by atoms with Crippen LogP contribution < -0.4 is 5.32 Å². The van der Waals surface area contributed by atoms with Crippen molar-refractivity contribution in [3.05, 3.63) is 29.8 Å². The third-order valence-corrected chi connectivity index (χ3v) is 5.68. The summed E-state index contributed by atoms with van der Waals surface area (Å²) in [6.07, 6.45) is 5.71. The van der Waals surface area contributed by atoms with E-state index in [1.807, 2.05) is 0 Å². The second-order valence-corrected chi connectivity index (χ2v) is 8.82. The van der Waals surface area contributed by atoms with Gasteiger partial charge in [-0.3, -0.25) is 4.79 Å². The summed E-state index contributed by atoms with van der Waals surface area (Å²) < 4.78 is 25.4. The van der Waals surface area contributed by atoms with Crippen LogP contribution in [0.4, 0.5) is 0 Å². The second kappa shape index (κ2) is 9.79. The number of benzene rings is 1. The summed E-state index contributed by atoms with van der Waals surface area (Å²) >= 11 is 0. The first-order valence-electron chi connectivity index (χ1n) is 8.56. The fraction of sp³-hybridized carbons (Fsp3) is 0.611. The Hall–Kier alpha value is -1.40. The number of rotatable bonds is 10. The summed E-state index contributed by atoms with van der Waals surface area (Å²) in [5.41, 5.74) is 0.373. The van der Waals surface area contributed by atoms with E-state index in [0.29, 0.717) is 12.1 Å². The number of carbonyl (C=O) groups is 1. The Labute approximate surface area is 146 Å². The van der Waals surface area contributed by atoms with Gasteiger partial charge < -0.3 is 5.32 Å². The lowest BCUT2D eigenvalue weighted by atomic mass is 10.0. The molecule has 0 aliphatic heterocycles. The highest BCUT2D eigenvalue weighted by Gasteiger charge is 2.18. The first kappa shape index (κ1) is 20.6. The minimum atomic E-state index is -3.52. The van der Waals surface area contributed by atoms with Gasteiger partial charge in [0.2, 0.25) is 10.0 Å². The van der Waals surface area contributed by atoms with Gasteiger partial charge in [0.05, 0.1) is 4.90 Å². The molecule has 0 spiro atoms. The molecule has 6 heteroatoms. The summed E-state index contributed by atoms with van der Waals surface area (Å²) in [4.78, 5) is 12.3. The van der Waals surface area contributed by atoms with Crippen LogP contribution in [0.25, 0.3) is 0 Å². The average molecular weight is 355 g/mol.